The Morgan fingerprint density at radius 2 is 2.00 bits per heavy atom. The standard InChI is InChI=1S/C22H23BrN2O4/c1-3-20(26)25-10-9-15-11-16(7-8-19(15)25)22(28)24-18(13-21(27)29-2)14-5-4-6-17(23)12-14/h4-8,11-12,18H,3,9-10,13H2,1-2H3,(H,24,28). The van der Waals surface area contributed by atoms with Crippen LogP contribution >= 0.6 is 15.9 Å². The summed E-state index contributed by atoms with van der Waals surface area (Å²) in [5, 5.41) is 2.94. The summed E-state index contributed by atoms with van der Waals surface area (Å²) in [7, 11) is 1.33. The first-order valence-corrected chi connectivity index (χ1v) is 10.3. The van der Waals surface area contributed by atoms with Crippen LogP contribution in [0.2, 0.25) is 0 Å². The van der Waals surface area contributed by atoms with Crippen molar-refractivity contribution in [3.8, 4) is 0 Å². The first kappa shape index (κ1) is 21.0. The van der Waals surface area contributed by atoms with Gasteiger partial charge in [-0.2, -0.15) is 0 Å². The Kier molecular flexibility index (Phi) is 6.69. The van der Waals surface area contributed by atoms with Gasteiger partial charge in [-0.15, -0.1) is 0 Å². The SMILES string of the molecule is CCC(=O)N1CCc2cc(C(=O)NC(CC(=O)OC)c3cccc(Br)c3)ccc21. The van der Waals surface area contributed by atoms with Gasteiger partial charge in [0.1, 0.15) is 0 Å². The molecule has 3 rings (SSSR count). The van der Waals surface area contributed by atoms with Gasteiger partial charge in [0.25, 0.3) is 5.91 Å². The van der Waals surface area contributed by atoms with E-state index in [-0.39, 0.29) is 18.2 Å². The molecule has 0 saturated carbocycles. The molecule has 29 heavy (non-hydrogen) atoms. The minimum Gasteiger partial charge on any atom is -0.469 e. The van der Waals surface area contributed by atoms with Gasteiger partial charge >= 0.3 is 5.97 Å². The van der Waals surface area contributed by atoms with E-state index in [9.17, 15) is 14.4 Å². The van der Waals surface area contributed by atoms with Crippen LogP contribution in [0.25, 0.3) is 0 Å². The maximum atomic E-state index is 12.9. The monoisotopic (exact) mass is 458 g/mol. The zero-order valence-corrected chi connectivity index (χ0v) is 18.0. The summed E-state index contributed by atoms with van der Waals surface area (Å²) >= 11 is 3.42. The van der Waals surface area contributed by atoms with Crippen molar-refractivity contribution in [1.82, 2.24) is 5.32 Å². The number of nitrogens with one attached hydrogen (secondary N) is 1. The number of esters is 1. The molecule has 0 spiro atoms. The number of nitrogens with zero attached hydrogens (tertiary/aromatic N) is 1. The smallest absolute Gasteiger partial charge is 0.307 e. The van der Waals surface area contributed by atoms with Crippen LogP contribution in [0, 0.1) is 0 Å². The van der Waals surface area contributed by atoms with Crippen LogP contribution in [0.1, 0.15) is 47.3 Å². The summed E-state index contributed by atoms with van der Waals surface area (Å²) in [6.07, 6.45) is 1.20. The molecular formula is C22H23BrN2O4. The van der Waals surface area contributed by atoms with Gasteiger partial charge in [-0.25, -0.2) is 0 Å². The highest BCUT2D eigenvalue weighted by molar-refractivity contribution is 9.10. The van der Waals surface area contributed by atoms with Crippen molar-refractivity contribution in [3.05, 3.63) is 63.6 Å². The lowest BCUT2D eigenvalue weighted by molar-refractivity contribution is -0.141. The second kappa shape index (κ2) is 9.22. The number of amides is 2. The first-order chi connectivity index (χ1) is 13.9. The van der Waals surface area contributed by atoms with Gasteiger partial charge < -0.3 is 15.0 Å². The van der Waals surface area contributed by atoms with Crippen LogP contribution in [0.3, 0.4) is 0 Å². The van der Waals surface area contributed by atoms with E-state index in [0.29, 0.717) is 18.5 Å². The molecule has 0 aliphatic carbocycles. The minimum atomic E-state index is -0.515. The molecule has 0 radical (unpaired) electrons. The molecule has 1 aliphatic heterocycles. The number of fused-ring (bicyclic) bond motifs is 1. The molecular weight excluding hydrogens is 436 g/mol. The van der Waals surface area contributed by atoms with E-state index in [0.717, 1.165) is 27.7 Å². The molecule has 0 fully saturated rings. The lowest BCUT2D eigenvalue weighted by Gasteiger charge is -2.19. The predicted molar refractivity (Wildman–Crippen MR) is 114 cm³/mol. The number of halogens is 1. The Morgan fingerprint density at radius 1 is 1.21 bits per heavy atom. The fourth-order valence-electron chi connectivity index (χ4n) is 3.46. The summed E-state index contributed by atoms with van der Waals surface area (Å²) in [6.45, 7) is 2.47. The largest absolute Gasteiger partial charge is 0.469 e. The number of carbonyl (C=O) groups is 3. The van der Waals surface area contributed by atoms with Crippen LogP contribution in [0.15, 0.2) is 46.9 Å². The maximum absolute atomic E-state index is 12.9. The second-order valence-electron chi connectivity index (χ2n) is 6.85. The highest BCUT2D eigenvalue weighted by atomic mass is 79.9. The average molecular weight is 459 g/mol. The van der Waals surface area contributed by atoms with Crippen LogP contribution in [0.4, 0.5) is 5.69 Å². The zero-order chi connectivity index (χ0) is 21.0. The van der Waals surface area contributed by atoms with Gasteiger partial charge in [-0.05, 0) is 47.9 Å². The summed E-state index contributed by atoms with van der Waals surface area (Å²) in [5.74, 6) is -0.603. The second-order valence-corrected chi connectivity index (χ2v) is 7.77. The Bertz CT molecular complexity index is 944. The van der Waals surface area contributed by atoms with Crippen LogP contribution in [-0.2, 0) is 20.7 Å². The molecule has 1 atom stereocenters. The minimum absolute atomic E-state index is 0.0302. The number of anilines is 1. The van der Waals surface area contributed by atoms with Crippen molar-refractivity contribution in [3.63, 3.8) is 0 Å². The third-order valence-electron chi connectivity index (χ3n) is 5.00. The Hall–Kier alpha value is -2.67. The molecule has 2 aromatic rings. The number of ether oxygens (including phenoxy) is 1. The van der Waals surface area contributed by atoms with E-state index < -0.39 is 12.0 Å². The molecule has 2 aromatic carbocycles. The van der Waals surface area contributed by atoms with Gasteiger partial charge in [0.05, 0.1) is 19.6 Å². The molecule has 0 aromatic heterocycles. The number of hydrogen-bond acceptors (Lipinski definition) is 4. The molecule has 1 heterocycles. The van der Waals surface area contributed by atoms with E-state index in [1.165, 1.54) is 7.11 Å². The van der Waals surface area contributed by atoms with Crippen LogP contribution in [0.5, 0.6) is 0 Å². The summed E-state index contributed by atoms with van der Waals surface area (Å²) < 4.78 is 5.64. The Balaban J connectivity index is 1.81. The van der Waals surface area contributed by atoms with Crippen molar-refractivity contribution >= 4 is 39.4 Å². The van der Waals surface area contributed by atoms with Gasteiger partial charge in [0.15, 0.2) is 0 Å². The van der Waals surface area contributed by atoms with Crippen LogP contribution in [-0.4, -0.2) is 31.4 Å². The van der Waals surface area contributed by atoms with Gasteiger partial charge in [0, 0.05) is 28.7 Å². The van der Waals surface area contributed by atoms with Gasteiger partial charge in [-0.3, -0.25) is 14.4 Å². The molecule has 2 amide bonds. The van der Waals surface area contributed by atoms with Crippen molar-refractivity contribution in [2.45, 2.75) is 32.2 Å². The maximum Gasteiger partial charge on any atom is 0.307 e. The third-order valence-corrected chi connectivity index (χ3v) is 5.49. The number of carbonyl (C=O) groups excluding carboxylic acids is 3. The number of hydrogen-bond donors (Lipinski definition) is 1. The fraction of sp³-hybridized carbons (Fsp3) is 0.318. The molecule has 1 aliphatic rings. The third kappa shape index (κ3) is 4.85. The van der Waals surface area contributed by atoms with Crippen molar-refractivity contribution < 1.29 is 19.1 Å². The predicted octanol–water partition coefficient (Wildman–Crippen LogP) is 3.78. The van der Waals surface area contributed by atoms with E-state index in [1.807, 2.05) is 43.3 Å². The van der Waals surface area contributed by atoms with E-state index in [2.05, 4.69) is 21.2 Å². The topological polar surface area (TPSA) is 75.7 Å². The summed E-state index contributed by atoms with van der Waals surface area (Å²) in [6, 6.07) is 12.3. The molecule has 0 bridgehead atoms. The van der Waals surface area contributed by atoms with Crippen LogP contribution < -0.4 is 10.2 Å². The Labute approximate surface area is 178 Å². The molecule has 6 nitrogen and oxygen atoms in total. The van der Waals surface area contributed by atoms with E-state index >= 15 is 0 Å². The Morgan fingerprint density at radius 3 is 2.69 bits per heavy atom. The van der Waals surface area contributed by atoms with E-state index in [4.69, 9.17) is 4.74 Å². The van der Waals surface area contributed by atoms with Gasteiger partial charge in [-0.1, -0.05) is 35.0 Å². The molecule has 152 valence electrons. The number of rotatable bonds is 6. The van der Waals surface area contributed by atoms with E-state index in [1.54, 1.807) is 11.0 Å². The quantitative estimate of drug-likeness (QED) is 0.668. The molecule has 7 heteroatoms. The molecule has 0 saturated heterocycles. The highest BCUT2D eigenvalue weighted by Crippen LogP contribution is 2.30. The average Bonchev–Trinajstić information content (AvgIpc) is 3.15. The highest BCUT2D eigenvalue weighted by Gasteiger charge is 2.25. The van der Waals surface area contributed by atoms with Crippen molar-refractivity contribution in [2.75, 3.05) is 18.6 Å². The number of methoxy groups -OCH3 is 1. The lowest BCUT2D eigenvalue weighted by atomic mass is 10.0. The fourth-order valence-corrected chi connectivity index (χ4v) is 3.88. The normalized spacial score (nSPS) is 13.6. The summed E-state index contributed by atoms with van der Waals surface area (Å²) in [5.41, 5.74) is 3.15. The molecule has 1 unspecified atom stereocenters. The first-order valence-electron chi connectivity index (χ1n) is 9.49. The molecule has 1 N–H and O–H groups in total. The van der Waals surface area contributed by atoms with Gasteiger partial charge in [0.2, 0.25) is 5.91 Å². The van der Waals surface area contributed by atoms with Crippen molar-refractivity contribution in [2.24, 2.45) is 0 Å². The van der Waals surface area contributed by atoms with Crippen molar-refractivity contribution in [1.29, 1.82) is 0 Å². The lowest BCUT2D eigenvalue weighted by Crippen LogP contribution is -2.30. The zero-order valence-electron chi connectivity index (χ0n) is 16.4. The summed E-state index contributed by atoms with van der Waals surface area (Å²) in [4.78, 5) is 38.6. The number of benzene rings is 2.